The van der Waals surface area contributed by atoms with Gasteiger partial charge < -0.3 is 19.7 Å². The molecule has 2 aromatic rings. The third kappa shape index (κ3) is 3.17. The van der Waals surface area contributed by atoms with Crippen molar-refractivity contribution in [2.75, 3.05) is 25.6 Å². The Morgan fingerprint density at radius 2 is 2.00 bits per heavy atom. The number of rotatable bonds is 4. The lowest BCUT2D eigenvalue weighted by Crippen LogP contribution is -2.72. The highest BCUT2D eigenvalue weighted by Gasteiger charge is 2.59. The van der Waals surface area contributed by atoms with E-state index in [4.69, 9.17) is 33.3 Å². The second-order valence-corrected chi connectivity index (χ2v) is 8.54. The highest BCUT2D eigenvalue weighted by molar-refractivity contribution is 7.80. The quantitative estimate of drug-likeness (QED) is 0.718. The van der Waals surface area contributed by atoms with E-state index in [-0.39, 0.29) is 11.9 Å². The molecule has 0 saturated carbocycles. The van der Waals surface area contributed by atoms with E-state index < -0.39 is 11.6 Å². The molecule has 2 bridgehead atoms. The molecule has 6 nitrogen and oxygen atoms in total. The number of para-hydroxylation sites is 1. The van der Waals surface area contributed by atoms with Crippen molar-refractivity contribution in [3.63, 3.8) is 0 Å². The van der Waals surface area contributed by atoms with Crippen LogP contribution in [-0.2, 0) is 4.79 Å². The van der Waals surface area contributed by atoms with E-state index >= 15 is 0 Å². The van der Waals surface area contributed by atoms with Gasteiger partial charge in [0.25, 0.3) is 0 Å². The van der Waals surface area contributed by atoms with Crippen LogP contribution < -0.4 is 19.7 Å². The molecule has 30 heavy (non-hydrogen) atoms. The van der Waals surface area contributed by atoms with Gasteiger partial charge in [0.2, 0.25) is 5.91 Å². The van der Waals surface area contributed by atoms with E-state index in [9.17, 15) is 4.79 Å². The lowest BCUT2D eigenvalue weighted by molar-refractivity contribution is -0.144. The Bertz CT molecular complexity index is 998. The zero-order valence-electron chi connectivity index (χ0n) is 17.3. The predicted molar refractivity (Wildman–Crippen MR) is 121 cm³/mol. The first-order chi connectivity index (χ1) is 14.3. The molecule has 0 unspecified atom stereocenters. The van der Waals surface area contributed by atoms with E-state index in [0.29, 0.717) is 28.2 Å². The molecule has 3 atom stereocenters. The van der Waals surface area contributed by atoms with Gasteiger partial charge in [-0.15, -0.1) is 0 Å². The fraction of sp³-hybridized carbons (Fsp3) is 0.364. The van der Waals surface area contributed by atoms with Crippen molar-refractivity contribution < 1.29 is 14.3 Å². The van der Waals surface area contributed by atoms with Crippen LogP contribution in [0.2, 0.25) is 5.02 Å². The molecule has 1 N–H and O–H groups in total. The minimum absolute atomic E-state index is 0.0519. The first-order valence-corrected chi connectivity index (χ1v) is 10.6. The van der Waals surface area contributed by atoms with Gasteiger partial charge >= 0.3 is 0 Å². The largest absolute Gasteiger partial charge is 0.490 e. The van der Waals surface area contributed by atoms with Crippen LogP contribution in [-0.4, -0.2) is 42.3 Å². The number of amides is 1. The van der Waals surface area contributed by atoms with Gasteiger partial charge in [-0.1, -0.05) is 23.7 Å². The van der Waals surface area contributed by atoms with Crippen molar-refractivity contribution in [2.45, 2.75) is 25.6 Å². The summed E-state index contributed by atoms with van der Waals surface area (Å²) in [7, 11) is 3.50. The van der Waals surface area contributed by atoms with Crippen molar-refractivity contribution in [1.82, 2.24) is 10.2 Å². The maximum Gasteiger partial charge on any atom is 0.233 e. The number of carbonyl (C=O) groups is 1. The summed E-state index contributed by atoms with van der Waals surface area (Å²) in [5.41, 5.74) is 0.575. The normalized spacial score (nSPS) is 24.4. The Kier molecular flexibility index (Phi) is 5.28. The topological polar surface area (TPSA) is 54.0 Å². The number of nitrogens with zero attached hydrogens (tertiary/aromatic N) is 2. The Hall–Kier alpha value is -2.51. The van der Waals surface area contributed by atoms with E-state index in [1.54, 1.807) is 31.1 Å². The molecular formula is C22H24ClN3O3S. The minimum atomic E-state index is -1.07. The van der Waals surface area contributed by atoms with Gasteiger partial charge in [0.05, 0.1) is 12.6 Å². The van der Waals surface area contributed by atoms with Crippen molar-refractivity contribution in [3.8, 4) is 11.5 Å². The standard InChI is InChI=1S/C22H24ClN3O3S/c1-5-28-16-8-6-7-15-18-17(20(27)25(3)4)22(2,29-19(15)16)26(21(30)24-18)14-11-9-13(23)10-12-14/h6-12,17-18H,5H2,1-4H3,(H,24,30)/t17-,18-,22-/m0/s1. The van der Waals surface area contributed by atoms with Crippen LogP contribution in [0, 0.1) is 5.92 Å². The zero-order chi connectivity index (χ0) is 21.6. The van der Waals surface area contributed by atoms with Gasteiger partial charge in [0.1, 0.15) is 5.92 Å². The summed E-state index contributed by atoms with van der Waals surface area (Å²) in [5, 5.41) is 4.49. The third-order valence-electron chi connectivity index (χ3n) is 5.58. The van der Waals surface area contributed by atoms with Crippen LogP contribution in [0.15, 0.2) is 42.5 Å². The van der Waals surface area contributed by atoms with Crippen molar-refractivity contribution >= 4 is 40.5 Å². The van der Waals surface area contributed by atoms with Crippen molar-refractivity contribution in [3.05, 3.63) is 53.1 Å². The fourth-order valence-corrected chi connectivity index (χ4v) is 4.81. The van der Waals surface area contributed by atoms with E-state index in [0.717, 1.165) is 11.3 Å². The zero-order valence-corrected chi connectivity index (χ0v) is 18.9. The van der Waals surface area contributed by atoms with Crippen LogP contribution in [0.25, 0.3) is 0 Å². The summed E-state index contributed by atoms with van der Waals surface area (Å²) in [5.74, 6) is 0.680. The number of carbonyl (C=O) groups excluding carboxylic acids is 1. The molecule has 0 spiro atoms. The maximum atomic E-state index is 13.4. The van der Waals surface area contributed by atoms with Gasteiger partial charge in [-0.25, -0.2) is 0 Å². The predicted octanol–water partition coefficient (Wildman–Crippen LogP) is 3.99. The molecule has 158 valence electrons. The molecule has 2 aliphatic rings. The number of hydrogen-bond acceptors (Lipinski definition) is 4. The Morgan fingerprint density at radius 1 is 1.30 bits per heavy atom. The Labute approximate surface area is 186 Å². The van der Waals surface area contributed by atoms with E-state index in [1.807, 2.05) is 49.1 Å². The number of anilines is 1. The average molecular weight is 446 g/mol. The van der Waals surface area contributed by atoms with Gasteiger partial charge in [0.15, 0.2) is 22.3 Å². The maximum absolute atomic E-state index is 13.4. The summed E-state index contributed by atoms with van der Waals surface area (Å²) in [4.78, 5) is 16.8. The molecule has 2 aromatic carbocycles. The summed E-state index contributed by atoms with van der Waals surface area (Å²) >= 11 is 11.8. The molecule has 2 aliphatic heterocycles. The fourth-order valence-electron chi connectivity index (χ4n) is 4.27. The number of ether oxygens (including phenoxy) is 2. The Morgan fingerprint density at radius 3 is 2.63 bits per heavy atom. The van der Waals surface area contributed by atoms with Crippen LogP contribution in [0.5, 0.6) is 11.5 Å². The molecule has 4 rings (SSSR count). The lowest BCUT2D eigenvalue weighted by atomic mass is 9.78. The van der Waals surface area contributed by atoms with Gasteiger partial charge in [0, 0.05) is 30.4 Å². The second kappa shape index (κ2) is 7.63. The molecule has 0 aliphatic carbocycles. The van der Waals surface area contributed by atoms with Gasteiger partial charge in [-0.3, -0.25) is 9.69 Å². The summed E-state index contributed by atoms with van der Waals surface area (Å²) in [6.45, 7) is 4.34. The summed E-state index contributed by atoms with van der Waals surface area (Å²) in [6, 6.07) is 12.7. The number of benzene rings is 2. The summed E-state index contributed by atoms with van der Waals surface area (Å²) in [6.07, 6.45) is 0. The Balaban J connectivity index is 1.92. The van der Waals surface area contributed by atoms with Crippen LogP contribution in [0.4, 0.5) is 5.69 Å². The molecule has 0 aromatic heterocycles. The number of fused-ring (bicyclic) bond motifs is 4. The molecule has 0 radical (unpaired) electrons. The van der Waals surface area contributed by atoms with Gasteiger partial charge in [-0.05, 0) is 56.4 Å². The molecule has 1 fully saturated rings. The average Bonchev–Trinajstić information content (AvgIpc) is 2.69. The number of thiocarbonyl (C=S) groups is 1. The monoisotopic (exact) mass is 445 g/mol. The van der Waals surface area contributed by atoms with Crippen LogP contribution in [0.3, 0.4) is 0 Å². The summed E-state index contributed by atoms with van der Waals surface area (Å²) < 4.78 is 12.4. The van der Waals surface area contributed by atoms with E-state index in [1.165, 1.54) is 0 Å². The molecule has 1 saturated heterocycles. The number of nitrogens with one attached hydrogen (secondary N) is 1. The van der Waals surface area contributed by atoms with Gasteiger partial charge in [-0.2, -0.15) is 0 Å². The molecule has 1 amide bonds. The SMILES string of the molecule is CCOc1cccc2c1O[C@@]1(C)[C@H](C(=O)N(C)C)[C@H]2NC(=S)N1c1ccc(Cl)cc1. The first kappa shape index (κ1) is 20.8. The highest BCUT2D eigenvalue weighted by atomic mass is 35.5. The smallest absolute Gasteiger partial charge is 0.233 e. The first-order valence-electron chi connectivity index (χ1n) is 9.80. The van der Waals surface area contributed by atoms with Crippen LogP contribution >= 0.6 is 23.8 Å². The number of halogens is 1. The van der Waals surface area contributed by atoms with E-state index in [2.05, 4.69) is 5.32 Å². The molecular weight excluding hydrogens is 422 g/mol. The second-order valence-electron chi connectivity index (χ2n) is 7.71. The molecule has 8 heteroatoms. The van der Waals surface area contributed by atoms with Crippen molar-refractivity contribution in [2.24, 2.45) is 5.92 Å². The third-order valence-corrected chi connectivity index (χ3v) is 6.13. The highest BCUT2D eigenvalue weighted by Crippen LogP contribution is 2.52. The van der Waals surface area contributed by atoms with Crippen molar-refractivity contribution in [1.29, 1.82) is 0 Å². The lowest BCUT2D eigenvalue weighted by Gasteiger charge is -2.56. The number of hydrogen-bond donors (Lipinski definition) is 1. The van der Waals surface area contributed by atoms with Crippen LogP contribution in [0.1, 0.15) is 25.5 Å². The minimum Gasteiger partial charge on any atom is -0.490 e. The molecule has 2 heterocycles.